The number of nitrogens with zero attached hydrogens (tertiary/aromatic N) is 1. The SMILES string of the molecule is Cc1cc(C)cc(CN2CCC(N)C(C)C2)c1. The molecule has 0 aliphatic carbocycles. The summed E-state index contributed by atoms with van der Waals surface area (Å²) in [5, 5.41) is 0. The summed E-state index contributed by atoms with van der Waals surface area (Å²) in [5.41, 5.74) is 10.2. The molecule has 1 saturated heterocycles. The maximum Gasteiger partial charge on any atom is 0.0234 e. The summed E-state index contributed by atoms with van der Waals surface area (Å²) in [6.07, 6.45) is 1.13. The molecule has 0 radical (unpaired) electrons. The summed E-state index contributed by atoms with van der Waals surface area (Å²) >= 11 is 0. The second kappa shape index (κ2) is 5.19. The van der Waals surface area contributed by atoms with E-state index >= 15 is 0 Å². The Bertz CT molecular complexity index is 366. The third-order valence-corrected chi connectivity index (χ3v) is 3.74. The number of hydrogen-bond donors (Lipinski definition) is 1. The van der Waals surface area contributed by atoms with Crippen molar-refractivity contribution in [1.29, 1.82) is 0 Å². The van der Waals surface area contributed by atoms with Crippen LogP contribution in [0, 0.1) is 19.8 Å². The first-order valence-corrected chi connectivity index (χ1v) is 6.59. The van der Waals surface area contributed by atoms with Gasteiger partial charge in [0.15, 0.2) is 0 Å². The lowest BCUT2D eigenvalue weighted by Gasteiger charge is -2.35. The Labute approximate surface area is 105 Å². The molecule has 2 nitrogen and oxygen atoms in total. The van der Waals surface area contributed by atoms with Gasteiger partial charge in [0, 0.05) is 19.1 Å². The molecule has 2 heteroatoms. The first-order chi connectivity index (χ1) is 8.04. The first-order valence-electron chi connectivity index (χ1n) is 6.59. The van der Waals surface area contributed by atoms with Crippen LogP contribution in [0.25, 0.3) is 0 Å². The van der Waals surface area contributed by atoms with Crippen LogP contribution in [0.2, 0.25) is 0 Å². The lowest BCUT2D eigenvalue weighted by molar-refractivity contribution is 0.158. The van der Waals surface area contributed by atoms with Gasteiger partial charge < -0.3 is 5.73 Å². The van der Waals surface area contributed by atoms with Crippen molar-refractivity contribution in [2.75, 3.05) is 13.1 Å². The van der Waals surface area contributed by atoms with Gasteiger partial charge in [0.05, 0.1) is 0 Å². The lowest BCUT2D eigenvalue weighted by Crippen LogP contribution is -2.45. The average molecular weight is 232 g/mol. The number of nitrogens with two attached hydrogens (primary N) is 1. The molecule has 1 aliphatic heterocycles. The minimum Gasteiger partial charge on any atom is -0.327 e. The monoisotopic (exact) mass is 232 g/mol. The van der Waals surface area contributed by atoms with E-state index in [0.29, 0.717) is 12.0 Å². The zero-order valence-corrected chi connectivity index (χ0v) is 11.2. The molecule has 2 unspecified atom stereocenters. The van der Waals surface area contributed by atoms with Gasteiger partial charge in [-0.3, -0.25) is 4.90 Å². The van der Waals surface area contributed by atoms with Gasteiger partial charge >= 0.3 is 0 Å². The van der Waals surface area contributed by atoms with Gasteiger partial charge in [-0.2, -0.15) is 0 Å². The third kappa shape index (κ3) is 3.30. The van der Waals surface area contributed by atoms with Crippen LogP contribution in [0.4, 0.5) is 0 Å². The zero-order valence-electron chi connectivity index (χ0n) is 11.2. The molecule has 0 amide bonds. The van der Waals surface area contributed by atoms with Crippen LogP contribution in [0.15, 0.2) is 18.2 Å². The highest BCUT2D eigenvalue weighted by Crippen LogP contribution is 2.18. The lowest BCUT2D eigenvalue weighted by atomic mass is 9.94. The summed E-state index contributed by atoms with van der Waals surface area (Å²) < 4.78 is 0. The van der Waals surface area contributed by atoms with Crippen LogP contribution < -0.4 is 5.73 Å². The van der Waals surface area contributed by atoms with Crippen LogP contribution in [0.5, 0.6) is 0 Å². The topological polar surface area (TPSA) is 29.3 Å². The van der Waals surface area contributed by atoms with Gasteiger partial charge in [0.25, 0.3) is 0 Å². The number of aryl methyl sites for hydroxylation is 2. The largest absolute Gasteiger partial charge is 0.327 e. The van der Waals surface area contributed by atoms with Crippen LogP contribution in [-0.4, -0.2) is 24.0 Å². The van der Waals surface area contributed by atoms with Crippen molar-refractivity contribution in [1.82, 2.24) is 4.90 Å². The predicted molar refractivity (Wildman–Crippen MR) is 72.9 cm³/mol. The molecular formula is C15H24N2. The fraction of sp³-hybridized carbons (Fsp3) is 0.600. The molecule has 0 bridgehead atoms. The van der Waals surface area contributed by atoms with E-state index < -0.39 is 0 Å². The van der Waals surface area contributed by atoms with Crippen molar-refractivity contribution < 1.29 is 0 Å². The molecule has 2 N–H and O–H groups in total. The van der Waals surface area contributed by atoms with Crippen molar-refractivity contribution in [3.05, 3.63) is 34.9 Å². The standard InChI is InChI=1S/C15H24N2/c1-11-6-12(2)8-14(7-11)10-17-5-4-15(16)13(3)9-17/h6-8,13,15H,4-5,9-10,16H2,1-3H3. The molecule has 0 spiro atoms. The minimum atomic E-state index is 0.394. The van der Waals surface area contributed by atoms with Crippen molar-refractivity contribution in [3.8, 4) is 0 Å². The van der Waals surface area contributed by atoms with E-state index in [4.69, 9.17) is 5.73 Å². The number of benzene rings is 1. The fourth-order valence-corrected chi connectivity index (χ4v) is 2.81. The fourth-order valence-electron chi connectivity index (χ4n) is 2.81. The Balaban J connectivity index is 2.01. The Kier molecular flexibility index (Phi) is 3.85. The highest BCUT2D eigenvalue weighted by molar-refractivity contribution is 5.28. The summed E-state index contributed by atoms with van der Waals surface area (Å²) in [4.78, 5) is 2.53. The molecule has 1 aliphatic rings. The van der Waals surface area contributed by atoms with E-state index in [0.717, 1.165) is 26.1 Å². The molecule has 1 aromatic carbocycles. The zero-order chi connectivity index (χ0) is 12.4. The first kappa shape index (κ1) is 12.6. The van der Waals surface area contributed by atoms with Crippen LogP contribution in [0.3, 0.4) is 0 Å². The van der Waals surface area contributed by atoms with E-state index in [1.807, 2.05) is 0 Å². The van der Waals surface area contributed by atoms with Crippen LogP contribution in [-0.2, 0) is 6.54 Å². The molecule has 0 aromatic heterocycles. The van der Waals surface area contributed by atoms with Crippen molar-refractivity contribution in [2.45, 2.75) is 39.8 Å². The van der Waals surface area contributed by atoms with Gasteiger partial charge in [-0.15, -0.1) is 0 Å². The molecule has 2 atom stereocenters. The highest BCUT2D eigenvalue weighted by Gasteiger charge is 2.22. The second-order valence-electron chi connectivity index (χ2n) is 5.66. The van der Waals surface area contributed by atoms with E-state index in [-0.39, 0.29) is 0 Å². The van der Waals surface area contributed by atoms with E-state index in [1.165, 1.54) is 16.7 Å². The summed E-state index contributed by atoms with van der Waals surface area (Å²) in [6.45, 7) is 9.95. The number of likely N-dealkylation sites (tertiary alicyclic amines) is 1. The Hall–Kier alpha value is -0.860. The normalized spacial score (nSPS) is 26.1. The van der Waals surface area contributed by atoms with Gasteiger partial charge in [-0.05, 0) is 38.3 Å². The van der Waals surface area contributed by atoms with Gasteiger partial charge in [-0.25, -0.2) is 0 Å². The van der Waals surface area contributed by atoms with Gasteiger partial charge in [-0.1, -0.05) is 36.2 Å². The maximum absolute atomic E-state index is 6.06. The van der Waals surface area contributed by atoms with Crippen LogP contribution >= 0.6 is 0 Å². The van der Waals surface area contributed by atoms with Gasteiger partial charge in [0.2, 0.25) is 0 Å². The Morgan fingerprint density at radius 1 is 1.24 bits per heavy atom. The quantitative estimate of drug-likeness (QED) is 0.849. The summed E-state index contributed by atoms with van der Waals surface area (Å²) in [5.74, 6) is 0.620. The molecular weight excluding hydrogens is 208 g/mol. The van der Waals surface area contributed by atoms with Crippen LogP contribution in [0.1, 0.15) is 30.0 Å². The predicted octanol–water partition coefficient (Wildman–Crippen LogP) is 2.47. The molecule has 17 heavy (non-hydrogen) atoms. The molecule has 2 rings (SSSR count). The van der Waals surface area contributed by atoms with E-state index in [1.54, 1.807) is 0 Å². The maximum atomic E-state index is 6.06. The molecule has 1 heterocycles. The van der Waals surface area contributed by atoms with Gasteiger partial charge in [0.1, 0.15) is 0 Å². The third-order valence-electron chi connectivity index (χ3n) is 3.74. The number of hydrogen-bond acceptors (Lipinski definition) is 2. The highest BCUT2D eigenvalue weighted by atomic mass is 15.1. The average Bonchev–Trinajstić information content (AvgIpc) is 2.22. The molecule has 1 fully saturated rings. The van der Waals surface area contributed by atoms with E-state index in [2.05, 4.69) is 43.9 Å². The van der Waals surface area contributed by atoms with Crippen molar-refractivity contribution in [3.63, 3.8) is 0 Å². The van der Waals surface area contributed by atoms with Crippen molar-refractivity contribution >= 4 is 0 Å². The number of rotatable bonds is 2. The van der Waals surface area contributed by atoms with E-state index in [9.17, 15) is 0 Å². The van der Waals surface area contributed by atoms with Crippen molar-refractivity contribution in [2.24, 2.45) is 11.7 Å². The Morgan fingerprint density at radius 2 is 1.88 bits per heavy atom. The summed E-state index contributed by atoms with van der Waals surface area (Å²) in [6, 6.07) is 7.22. The molecule has 94 valence electrons. The molecule has 0 saturated carbocycles. The second-order valence-corrected chi connectivity index (χ2v) is 5.66. The molecule has 1 aromatic rings. The number of piperidine rings is 1. The smallest absolute Gasteiger partial charge is 0.0234 e. The summed E-state index contributed by atoms with van der Waals surface area (Å²) in [7, 11) is 0. The Morgan fingerprint density at radius 3 is 2.47 bits per heavy atom. The minimum absolute atomic E-state index is 0.394.